The highest BCUT2D eigenvalue weighted by Crippen LogP contribution is 2.24. The maximum atomic E-state index is 13.7. The number of carbonyl (C=O) groups is 1. The summed E-state index contributed by atoms with van der Waals surface area (Å²) in [7, 11) is -4.12. The fourth-order valence-corrected chi connectivity index (χ4v) is 5.93. The molecule has 1 aliphatic heterocycles. The Morgan fingerprint density at radius 1 is 1.24 bits per heavy atom. The predicted molar refractivity (Wildman–Crippen MR) is 138 cm³/mol. The monoisotopic (exact) mass is 556 g/mol. The third-order valence-corrected chi connectivity index (χ3v) is 8.05. The summed E-state index contributed by atoms with van der Waals surface area (Å²) >= 11 is 5.84. The van der Waals surface area contributed by atoms with Gasteiger partial charge in [0.1, 0.15) is 12.4 Å². The van der Waals surface area contributed by atoms with E-state index in [4.69, 9.17) is 21.1 Å². The summed E-state index contributed by atoms with van der Waals surface area (Å²) in [5, 5.41) is 13.7. The number of amides is 1. The molecule has 1 fully saturated rings. The second-order valence-electron chi connectivity index (χ2n) is 9.52. The van der Waals surface area contributed by atoms with E-state index in [0.29, 0.717) is 19.6 Å². The van der Waals surface area contributed by atoms with Crippen molar-refractivity contribution in [3.63, 3.8) is 0 Å². The smallest absolute Gasteiger partial charge is 0.246 e. The quantitative estimate of drug-likeness (QED) is 0.393. The van der Waals surface area contributed by atoms with Gasteiger partial charge in [-0.25, -0.2) is 12.8 Å². The summed E-state index contributed by atoms with van der Waals surface area (Å²) in [6, 6.07) is 11.7. The average molecular weight is 557 g/mol. The first kappa shape index (κ1) is 29.5. The highest BCUT2D eigenvalue weighted by Gasteiger charge is 2.32. The molecule has 1 amide bonds. The summed E-state index contributed by atoms with van der Waals surface area (Å²) < 4.78 is 52.5. The molecular formula is C26H34ClFN2O6S. The van der Waals surface area contributed by atoms with Gasteiger partial charge in [-0.1, -0.05) is 55.8 Å². The Labute approximate surface area is 222 Å². The van der Waals surface area contributed by atoms with Crippen molar-refractivity contribution in [2.75, 3.05) is 32.9 Å². The van der Waals surface area contributed by atoms with E-state index in [1.165, 1.54) is 0 Å². The number of rotatable bonds is 13. The van der Waals surface area contributed by atoms with Gasteiger partial charge in [-0.3, -0.25) is 4.79 Å². The van der Waals surface area contributed by atoms with Gasteiger partial charge in [0.05, 0.1) is 34.8 Å². The van der Waals surface area contributed by atoms with Gasteiger partial charge in [0.15, 0.2) is 0 Å². The van der Waals surface area contributed by atoms with Crippen molar-refractivity contribution in [3.05, 3.63) is 64.9 Å². The first-order chi connectivity index (χ1) is 17.6. The first-order valence-electron chi connectivity index (χ1n) is 12.2. The number of benzene rings is 2. The van der Waals surface area contributed by atoms with E-state index in [1.807, 2.05) is 44.2 Å². The number of sulfonamides is 1. The van der Waals surface area contributed by atoms with E-state index in [0.717, 1.165) is 28.1 Å². The lowest BCUT2D eigenvalue weighted by Crippen LogP contribution is -2.51. The summed E-state index contributed by atoms with van der Waals surface area (Å²) in [6.45, 7) is 4.32. The second kappa shape index (κ2) is 13.6. The molecule has 2 aromatic carbocycles. The second-order valence-corrected chi connectivity index (χ2v) is 11.9. The zero-order chi connectivity index (χ0) is 27.0. The van der Waals surface area contributed by atoms with Crippen molar-refractivity contribution < 1.29 is 32.2 Å². The molecule has 3 rings (SSSR count). The topological polar surface area (TPSA) is 105 Å². The predicted octanol–water partition coefficient (Wildman–Crippen LogP) is 3.02. The number of aliphatic hydroxyl groups excluding tert-OH is 1. The standard InChI is InChI=1S/C26H34ClFN2O6S/c1-18(2)14-30(37(33,34)21-8-9-23(28)22(27)13-21)15-25(31)24(12-19-6-4-3-5-7-19)29-26(32)17-36-20-10-11-35-16-20/h3-9,13,18,20,24-25,31H,10-12,14-17H2,1-2H3,(H,29,32)/t20?,24-,25+/m0/s1. The molecular weight excluding hydrogens is 523 g/mol. The van der Waals surface area contributed by atoms with Crippen LogP contribution in [0, 0.1) is 11.7 Å². The Balaban J connectivity index is 1.79. The molecule has 1 heterocycles. The van der Waals surface area contributed by atoms with Crippen LogP contribution in [-0.4, -0.2) is 74.9 Å². The number of nitrogens with zero attached hydrogens (tertiary/aromatic N) is 1. The molecule has 0 aliphatic carbocycles. The number of nitrogens with one attached hydrogen (secondary N) is 1. The normalized spacial score (nSPS) is 17.8. The SMILES string of the molecule is CC(C)CN(C[C@@H](O)[C@H](Cc1ccccc1)NC(=O)COC1CCOC1)S(=O)(=O)c1ccc(F)c(Cl)c1. The third-order valence-electron chi connectivity index (χ3n) is 5.94. The number of hydrogen-bond donors (Lipinski definition) is 2. The summed E-state index contributed by atoms with van der Waals surface area (Å²) in [5.74, 6) is -1.22. The molecule has 1 unspecified atom stereocenters. The van der Waals surface area contributed by atoms with Gasteiger partial charge in [0.25, 0.3) is 0 Å². The Bertz CT molecular complexity index is 1130. The number of aliphatic hydroxyl groups is 1. The van der Waals surface area contributed by atoms with Gasteiger partial charge < -0.3 is 19.9 Å². The zero-order valence-corrected chi connectivity index (χ0v) is 22.6. The first-order valence-corrected chi connectivity index (χ1v) is 14.0. The molecule has 2 N–H and O–H groups in total. The minimum atomic E-state index is -4.12. The number of carbonyl (C=O) groups excluding carboxylic acids is 1. The van der Waals surface area contributed by atoms with Crippen molar-refractivity contribution in [2.45, 2.75) is 49.8 Å². The van der Waals surface area contributed by atoms with Crippen LogP contribution in [0.25, 0.3) is 0 Å². The van der Waals surface area contributed by atoms with Crippen molar-refractivity contribution in [1.29, 1.82) is 0 Å². The summed E-state index contributed by atoms with van der Waals surface area (Å²) in [5.41, 5.74) is 0.862. The molecule has 0 aromatic heterocycles. The molecule has 0 bridgehead atoms. The van der Waals surface area contributed by atoms with E-state index < -0.39 is 33.9 Å². The Morgan fingerprint density at radius 3 is 2.59 bits per heavy atom. The minimum absolute atomic E-state index is 0.0675. The lowest BCUT2D eigenvalue weighted by atomic mass is 10.0. The summed E-state index contributed by atoms with van der Waals surface area (Å²) in [6.07, 6.45) is -0.419. The third kappa shape index (κ3) is 8.73. The van der Waals surface area contributed by atoms with Crippen LogP contribution in [0.4, 0.5) is 4.39 Å². The molecule has 11 heteroatoms. The molecule has 3 atom stereocenters. The highest BCUT2D eigenvalue weighted by atomic mass is 35.5. The van der Waals surface area contributed by atoms with Crippen LogP contribution in [0.15, 0.2) is 53.4 Å². The van der Waals surface area contributed by atoms with E-state index in [2.05, 4.69) is 5.32 Å². The molecule has 1 aliphatic rings. The number of hydrogen-bond acceptors (Lipinski definition) is 6. The van der Waals surface area contributed by atoms with Gasteiger partial charge in [-0.15, -0.1) is 0 Å². The molecule has 204 valence electrons. The van der Waals surface area contributed by atoms with Gasteiger partial charge in [-0.2, -0.15) is 4.31 Å². The van der Waals surface area contributed by atoms with Crippen molar-refractivity contribution in [1.82, 2.24) is 9.62 Å². The van der Waals surface area contributed by atoms with Crippen LogP contribution in [0.2, 0.25) is 5.02 Å². The van der Waals surface area contributed by atoms with E-state index in [1.54, 1.807) is 0 Å². The minimum Gasteiger partial charge on any atom is -0.390 e. The number of halogens is 2. The zero-order valence-electron chi connectivity index (χ0n) is 21.0. The van der Waals surface area contributed by atoms with Crippen molar-refractivity contribution in [3.8, 4) is 0 Å². The van der Waals surface area contributed by atoms with Gasteiger partial charge in [0, 0.05) is 19.7 Å². The Morgan fingerprint density at radius 2 is 1.97 bits per heavy atom. The van der Waals surface area contributed by atoms with E-state index >= 15 is 0 Å². The average Bonchev–Trinajstić information content (AvgIpc) is 3.37. The molecule has 37 heavy (non-hydrogen) atoms. The Kier molecular flexibility index (Phi) is 10.9. The molecule has 0 spiro atoms. The van der Waals surface area contributed by atoms with E-state index in [9.17, 15) is 22.7 Å². The maximum absolute atomic E-state index is 13.7. The molecule has 2 aromatic rings. The van der Waals surface area contributed by atoms with Gasteiger partial charge in [0.2, 0.25) is 15.9 Å². The fourth-order valence-electron chi connectivity index (χ4n) is 4.04. The van der Waals surface area contributed by atoms with Crippen LogP contribution in [0.5, 0.6) is 0 Å². The van der Waals surface area contributed by atoms with Crippen LogP contribution in [-0.2, 0) is 30.7 Å². The lowest BCUT2D eigenvalue weighted by molar-refractivity contribution is -0.129. The lowest BCUT2D eigenvalue weighted by Gasteiger charge is -2.31. The largest absolute Gasteiger partial charge is 0.390 e. The highest BCUT2D eigenvalue weighted by molar-refractivity contribution is 7.89. The van der Waals surface area contributed by atoms with Crippen LogP contribution in [0.3, 0.4) is 0 Å². The molecule has 1 saturated heterocycles. The van der Waals surface area contributed by atoms with Crippen molar-refractivity contribution >= 4 is 27.5 Å². The Hall–Kier alpha value is -2.08. The van der Waals surface area contributed by atoms with E-state index in [-0.39, 0.29) is 48.1 Å². The molecule has 0 saturated carbocycles. The maximum Gasteiger partial charge on any atom is 0.246 e. The molecule has 0 radical (unpaired) electrons. The summed E-state index contributed by atoms with van der Waals surface area (Å²) in [4.78, 5) is 12.5. The van der Waals surface area contributed by atoms with Gasteiger partial charge >= 0.3 is 0 Å². The van der Waals surface area contributed by atoms with Crippen LogP contribution < -0.4 is 5.32 Å². The van der Waals surface area contributed by atoms with Crippen molar-refractivity contribution in [2.24, 2.45) is 5.92 Å². The number of ether oxygens (including phenoxy) is 2. The fraction of sp³-hybridized carbons (Fsp3) is 0.500. The van der Waals surface area contributed by atoms with Gasteiger partial charge in [-0.05, 0) is 42.5 Å². The molecule has 8 nitrogen and oxygen atoms in total. The van der Waals surface area contributed by atoms with Crippen LogP contribution in [0.1, 0.15) is 25.8 Å². The van der Waals surface area contributed by atoms with Crippen LogP contribution >= 0.6 is 11.6 Å².